The Kier molecular flexibility index (Phi) is 9.79. The molecule has 2 heterocycles. The molecule has 1 aliphatic rings. The molecule has 34 heavy (non-hydrogen) atoms. The number of aromatic nitrogens is 1. The van der Waals surface area contributed by atoms with E-state index >= 15 is 0 Å². The van der Waals surface area contributed by atoms with Crippen molar-refractivity contribution < 1.29 is 4.74 Å². The first-order valence-electron chi connectivity index (χ1n) is 12.0. The number of aryl methyl sites for hydroxylation is 1. The quantitative estimate of drug-likeness (QED) is 0.179. The molecule has 0 amide bonds. The highest BCUT2D eigenvalue weighted by Crippen LogP contribution is 2.25. The van der Waals surface area contributed by atoms with Gasteiger partial charge in [0.2, 0.25) is 0 Å². The summed E-state index contributed by atoms with van der Waals surface area (Å²) in [6.07, 6.45) is 5.01. The minimum Gasteiger partial charge on any atom is -0.381 e. The second-order valence-electron chi connectivity index (χ2n) is 9.08. The van der Waals surface area contributed by atoms with Gasteiger partial charge in [0, 0.05) is 62.0 Å². The maximum Gasteiger partial charge on any atom is 0.191 e. The molecular weight excluding hydrogens is 537 g/mol. The molecule has 1 atom stereocenters. The van der Waals surface area contributed by atoms with Crippen LogP contribution in [0.1, 0.15) is 42.5 Å². The van der Waals surface area contributed by atoms with Crippen LogP contribution in [-0.4, -0.2) is 49.8 Å². The molecule has 0 spiro atoms. The summed E-state index contributed by atoms with van der Waals surface area (Å²) >= 11 is 0. The molecular formula is C27H38IN5O. The Labute approximate surface area is 220 Å². The summed E-state index contributed by atoms with van der Waals surface area (Å²) in [4.78, 5) is 7.88. The van der Waals surface area contributed by atoms with Gasteiger partial charge in [-0.2, -0.15) is 0 Å². The fourth-order valence-corrected chi connectivity index (χ4v) is 4.78. The maximum absolute atomic E-state index is 5.68. The van der Waals surface area contributed by atoms with E-state index in [2.05, 4.69) is 94.5 Å². The van der Waals surface area contributed by atoms with Crippen LogP contribution in [0.15, 0.2) is 59.7 Å². The number of rotatable bonds is 8. The molecule has 4 N–H and O–H groups in total. The maximum atomic E-state index is 5.68. The monoisotopic (exact) mass is 575 g/mol. The van der Waals surface area contributed by atoms with Gasteiger partial charge in [0.05, 0.1) is 0 Å². The van der Waals surface area contributed by atoms with Gasteiger partial charge in [-0.1, -0.05) is 48.5 Å². The molecule has 7 heteroatoms. The predicted octanol–water partition coefficient (Wildman–Crippen LogP) is 4.70. The molecule has 0 radical (unpaired) electrons. The lowest BCUT2D eigenvalue weighted by atomic mass is 9.88. The number of hydrogen-bond donors (Lipinski definition) is 4. The van der Waals surface area contributed by atoms with E-state index in [1.54, 1.807) is 0 Å². The summed E-state index contributed by atoms with van der Waals surface area (Å²) in [5, 5.41) is 12.3. The van der Waals surface area contributed by atoms with E-state index in [1.165, 1.54) is 27.6 Å². The lowest BCUT2D eigenvalue weighted by molar-refractivity contribution is 0.0355. The number of H-pyrrole nitrogens is 1. The minimum atomic E-state index is -0.0283. The number of ether oxygens (including phenoxy) is 1. The number of halogens is 1. The average molecular weight is 576 g/mol. The molecule has 1 saturated heterocycles. The zero-order valence-electron chi connectivity index (χ0n) is 20.5. The normalized spacial score (nSPS) is 16.6. The number of aromatic amines is 1. The number of hydrogen-bond acceptors (Lipinski definition) is 3. The van der Waals surface area contributed by atoms with Crippen LogP contribution in [0.3, 0.4) is 0 Å². The van der Waals surface area contributed by atoms with Crippen molar-refractivity contribution in [1.82, 2.24) is 20.9 Å². The molecule has 1 fully saturated rings. The van der Waals surface area contributed by atoms with Crippen molar-refractivity contribution in [2.24, 2.45) is 4.99 Å². The third-order valence-electron chi connectivity index (χ3n) is 6.79. The first-order chi connectivity index (χ1) is 16.1. The number of benzene rings is 2. The van der Waals surface area contributed by atoms with Crippen molar-refractivity contribution in [3.63, 3.8) is 0 Å². The van der Waals surface area contributed by atoms with Gasteiger partial charge in [-0.05, 0) is 49.8 Å². The second kappa shape index (κ2) is 12.6. The third-order valence-corrected chi connectivity index (χ3v) is 6.79. The number of nitrogens with one attached hydrogen (secondary N) is 4. The third kappa shape index (κ3) is 6.52. The van der Waals surface area contributed by atoms with E-state index in [-0.39, 0.29) is 35.6 Å². The van der Waals surface area contributed by atoms with Gasteiger partial charge in [-0.15, -0.1) is 24.0 Å². The number of para-hydroxylation sites is 1. The summed E-state index contributed by atoms with van der Waals surface area (Å²) in [7, 11) is 1.83. The van der Waals surface area contributed by atoms with Crippen molar-refractivity contribution in [3.05, 3.63) is 71.4 Å². The fourth-order valence-electron chi connectivity index (χ4n) is 4.78. The van der Waals surface area contributed by atoms with Gasteiger partial charge in [0.25, 0.3) is 0 Å². The van der Waals surface area contributed by atoms with Crippen molar-refractivity contribution in [3.8, 4) is 0 Å². The lowest BCUT2D eigenvalue weighted by Gasteiger charge is -2.41. The minimum absolute atomic E-state index is 0. The Morgan fingerprint density at radius 2 is 1.85 bits per heavy atom. The number of fused-ring (bicyclic) bond motifs is 1. The molecule has 3 aromatic rings. The van der Waals surface area contributed by atoms with E-state index in [0.29, 0.717) is 0 Å². The Bertz CT molecular complexity index is 1060. The standard InChI is InChI=1S/C27H37N5O.HI/c1-20-8-7-11-24-23(18-30-25(20)24)12-15-29-26(28-3)31-19-27(13-16-33-17-14-27)32-21(2)22-9-5-4-6-10-22;/h4-11,18,21,30,32H,12-17,19H2,1-3H3,(H2,28,29,31);1H. The lowest BCUT2D eigenvalue weighted by Crippen LogP contribution is -2.58. The van der Waals surface area contributed by atoms with Crippen molar-refractivity contribution in [1.29, 1.82) is 0 Å². The highest BCUT2D eigenvalue weighted by Gasteiger charge is 2.34. The van der Waals surface area contributed by atoms with Gasteiger partial charge >= 0.3 is 0 Å². The SMILES string of the molecule is CN=C(NCCc1c[nH]c2c(C)cccc12)NCC1(NC(C)c2ccccc2)CCOCC1.I. The topological polar surface area (TPSA) is 73.5 Å². The van der Waals surface area contributed by atoms with Crippen molar-refractivity contribution in [2.45, 2.75) is 44.7 Å². The van der Waals surface area contributed by atoms with Crippen molar-refractivity contribution in [2.75, 3.05) is 33.4 Å². The van der Waals surface area contributed by atoms with Crippen LogP contribution in [0.5, 0.6) is 0 Å². The second-order valence-corrected chi connectivity index (χ2v) is 9.08. The van der Waals surface area contributed by atoms with Crippen LogP contribution in [0.4, 0.5) is 0 Å². The number of aliphatic imine (C=N–C) groups is 1. The Hall–Kier alpha value is -2.10. The van der Waals surface area contributed by atoms with Crippen LogP contribution in [0.25, 0.3) is 10.9 Å². The van der Waals surface area contributed by atoms with Gasteiger partial charge in [-0.25, -0.2) is 0 Å². The summed E-state index contributed by atoms with van der Waals surface area (Å²) in [5.74, 6) is 0.839. The summed E-state index contributed by atoms with van der Waals surface area (Å²) < 4.78 is 5.68. The molecule has 0 aliphatic carbocycles. The van der Waals surface area contributed by atoms with Gasteiger partial charge in [-0.3, -0.25) is 4.99 Å². The van der Waals surface area contributed by atoms with Gasteiger partial charge < -0.3 is 25.7 Å². The van der Waals surface area contributed by atoms with E-state index in [4.69, 9.17) is 4.74 Å². The zero-order chi connectivity index (χ0) is 23.1. The van der Waals surface area contributed by atoms with Crippen LogP contribution >= 0.6 is 24.0 Å². The molecule has 184 valence electrons. The van der Waals surface area contributed by atoms with Gasteiger partial charge in [0.15, 0.2) is 5.96 Å². The molecule has 4 rings (SSSR count). The predicted molar refractivity (Wildman–Crippen MR) is 152 cm³/mol. The molecule has 1 unspecified atom stereocenters. The smallest absolute Gasteiger partial charge is 0.191 e. The molecule has 1 aliphatic heterocycles. The fraction of sp³-hybridized carbons (Fsp3) is 0.444. The van der Waals surface area contributed by atoms with Crippen molar-refractivity contribution >= 4 is 40.8 Å². The molecule has 0 saturated carbocycles. The first kappa shape index (κ1) is 26.5. The van der Waals surface area contributed by atoms with Gasteiger partial charge in [0.1, 0.15) is 0 Å². The average Bonchev–Trinajstić information content (AvgIpc) is 3.27. The van der Waals surface area contributed by atoms with Crippen LogP contribution in [0, 0.1) is 6.92 Å². The largest absolute Gasteiger partial charge is 0.381 e. The first-order valence-corrected chi connectivity index (χ1v) is 12.0. The Morgan fingerprint density at radius 3 is 2.59 bits per heavy atom. The Morgan fingerprint density at radius 1 is 1.09 bits per heavy atom. The summed E-state index contributed by atoms with van der Waals surface area (Å²) in [6.45, 7) is 7.57. The Balaban J connectivity index is 0.00000324. The molecule has 0 bridgehead atoms. The van der Waals surface area contributed by atoms with Crippen LogP contribution in [0.2, 0.25) is 0 Å². The van der Waals surface area contributed by atoms with Crippen LogP contribution < -0.4 is 16.0 Å². The number of guanidine groups is 1. The zero-order valence-corrected chi connectivity index (χ0v) is 22.8. The van der Waals surface area contributed by atoms with E-state index in [9.17, 15) is 0 Å². The number of nitrogens with zero attached hydrogens (tertiary/aromatic N) is 1. The van der Waals surface area contributed by atoms with E-state index < -0.39 is 0 Å². The summed E-state index contributed by atoms with van der Waals surface area (Å²) in [6, 6.07) is 17.4. The molecule has 2 aromatic carbocycles. The molecule has 6 nitrogen and oxygen atoms in total. The summed E-state index contributed by atoms with van der Waals surface area (Å²) in [5.41, 5.74) is 5.12. The van der Waals surface area contributed by atoms with E-state index in [1.807, 2.05) is 7.05 Å². The highest BCUT2D eigenvalue weighted by molar-refractivity contribution is 14.0. The van der Waals surface area contributed by atoms with E-state index in [0.717, 1.165) is 51.5 Å². The van der Waals surface area contributed by atoms with Crippen LogP contribution in [-0.2, 0) is 11.2 Å². The highest BCUT2D eigenvalue weighted by atomic mass is 127. The molecule has 1 aromatic heterocycles.